The maximum absolute atomic E-state index is 12.8. The van der Waals surface area contributed by atoms with Gasteiger partial charge in [-0.15, -0.1) is 0 Å². The molecule has 0 aliphatic rings. The number of sulfonamides is 2. The molecule has 0 radical (unpaired) electrons. The zero-order valence-corrected chi connectivity index (χ0v) is 22.1. The fourth-order valence-corrected chi connectivity index (χ4v) is 5.44. The summed E-state index contributed by atoms with van der Waals surface area (Å²) in [5, 5.41) is 2.60. The van der Waals surface area contributed by atoms with Crippen LogP contribution in [0.15, 0.2) is 71.6 Å². The Bertz CT molecular complexity index is 1440. The third-order valence-corrected chi connectivity index (χ3v) is 7.72. The van der Waals surface area contributed by atoms with Crippen molar-refractivity contribution < 1.29 is 26.4 Å². The minimum Gasteiger partial charge on any atom is -0.494 e. The third kappa shape index (κ3) is 6.98. The number of ether oxygens (including phenoxy) is 1. The second kappa shape index (κ2) is 11.0. The highest BCUT2D eigenvalue weighted by atomic mass is 32.2. The smallest absolute Gasteiger partial charge is 0.261 e. The van der Waals surface area contributed by atoms with Gasteiger partial charge in [0, 0.05) is 5.69 Å². The molecule has 0 aromatic heterocycles. The number of amides is 1. The number of carbonyl (C=O) groups is 1. The monoisotopic (exact) mass is 531 g/mol. The standard InChI is InChI=1S/C25H29N3O6S2/c1-5-34-22-11-9-21(10-12-22)28(35(4,30)31)17-25(29)26-20-7-13-23(14-8-20)36(32,33)27-24-15-6-18(2)16-19(24)3/h6-16,27H,5,17H2,1-4H3,(H,26,29). The number of nitrogens with zero attached hydrogens (tertiary/aromatic N) is 1. The Labute approximate surface area is 212 Å². The van der Waals surface area contributed by atoms with Crippen molar-refractivity contribution in [3.8, 4) is 5.75 Å². The lowest BCUT2D eigenvalue weighted by atomic mass is 10.1. The molecule has 0 saturated heterocycles. The molecule has 0 fully saturated rings. The molecule has 0 saturated carbocycles. The van der Waals surface area contributed by atoms with Crippen molar-refractivity contribution in [3.05, 3.63) is 77.9 Å². The Morgan fingerprint density at radius 1 is 0.917 bits per heavy atom. The molecule has 9 nitrogen and oxygen atoms in total. The molecule has 0 aliphatic carbocycles. The lowest BCUT2D eigenvalue weighted by Gasteiger charge is -2.22. The van der Waals surface area contributed by atoms with E-state index >= 15 is 0 Å². The van der Waals surface area contributed by atoms with E-state index in [1.165, 1.54) is 24.3 Å². The summed E-state index contributed by atoms with van der Waals surface area (Å²) in [5.41, 5.74) is 2.94. The van der Waals surface area contributed by atoms with E-state index in [9.17, 15) is 21.6 Å². The van der Waals surface area contributed by atoms with E-state index in [4.69, 9.17) is 4.74 Å². The Kier molecular flexibility index (Phi) is 8.26. The molecule has 0 heterocycles. The Hall–Kier alpha value is -3.57. The summed E-state index contributed by atoms with van der Waals surface area (Å²) in [7, 11) is -7.59. The normalized spacial score (nSPS) is 11.6. The highest BCUT2D eigenvalue weighted by Gasteiger charge is 2.21. The molecular weight excluding hydrogens is 502 g/mol. The van der Waals surface area contributed by atoms with Gasteiger partial charge >= 0.3 is 0 Å². The minimum absolute atomic E-state index is 0.0209. The van der Waals surface area contributed by atoms with E-state index in [1.807, 2.05) is 32.9 Å². The van der Waals surface area contributed by atoms with Gasteiger partial charge in [0.15, 0.2) is 0 Å². The second-order valence-electron chi connectivity index (χ2n) is 8.19. The second-order valence-corrected chi connectivity index (χ2v) is 11.8. The molecule has 192 valence electrons. The van der Waals surface area contributed by atoms with Gasteiger partial charge in [0.25, 0.3) is 10.0 Å². The Morgan fingerprint density at radius 3 is 2.11 bits per heavy atom. The number of rotatable bonds is 10. The minimum atomic E-state index is -3.84. The van der Waals surface area contributed by atoms with Gasteiger partial charge in [-0.2, -0.15) is 0 Å². The maximum atomic E-state index is 12.8. The number of anilines is 3. The summed E-state index contributed by atoms with van der Waals surface area (Å²) in [6.07, 6.45) is 1.01. The molecule has 3 rings (SSSR count). The average molecular weight is 532 g/mol. The first kappa shape index (κ1) is 27.0. The van der Waals surface area contributed by atoms with E-state index in [-0.39, 0.29) is 4.90 Å². The van der Waals surface area contributed by atoms with Crippen molar-refractivity contribution in [2.24, 2.45) is 0 Å². The SMILES string of the molecule is CCOc1ccc(N(CC(=O)Nc2ccc(S(=O)(=O)Nc3ccc(C)cc3C)cc2)S(C)(=O)=O)cc1. The van der Waals surface area contributed by atoms with Gasteiger partial charge in [0.05, 0.1) is 29.1 Å². The van der Waals surface area contributed by atoms with Crippen molar-refractivity contribution in [1.29, 1.82) is 0 Å². The van der Waals surface area contributed by atoms with Crippen LogP contribution in [0.3, 0.4) is 0 Å². The van der Waals surface area contributed by atoms with Gasteiger partial charge in [0.2, 0.25) is 15.9 Å². The van der Waals surface area contributed by atoms with Gasteiger partial charge in [-0.25, -0.2) is 16.8 Å². The first-order valence-electron chi connectivity index (χ1n) is 11.1. The highest BCUT2D eigenvalue weighted by Crippen LogP contribution is 2.23. The first-order valence-corrected chi connectivity index (χ1v) is 14.4. The van der Waals surface area contributed by atoms with Crippen LogP contribution in [0.2, 0.25) is 0 Å². The van der Waals surface area contributed by atoms with Gasteiger partial charge < -0.3 is 10.1 Å². The summed E-state index contributed by atoms with van der Waals surface area (Å²) in [6.45, 7) is 5.59. The third-order valence-electron chi connectivity index (χ3n) is 5.20. The van der Waals surface area contributed by atoms with Crippen LogP contribution in [-0.4, -0.2) is 42.2 Å². The number of hydrogen-bond donors (Lipinski definition) is 2. The van der Waals surface area contributed by atoms with Crippen LogP contribution in [0.1, 0.15) is 18.1 Å². The molecule has 11 heteroatoms. The summed E-state index contributed by atoms with van der Waals surface area (Å²) in [4.78, 5) is 12.6. The van der Waals surface area contributed by atoms with Crippen LogP contribution >= 0.6 is 0 Å². The first-order chi connectivity index (χ1) is 16.9. The molecular formula is C25H29N3O6S2. The summed E-state index contributed by atoms with van der Waals surface area (Å²) >= 11 is 0. The molecule has 3 aromatic rings. The van der Waals surface area contributed by atoms with E-state index in [2.05, 4.69) is 10.0 Å². The molecule has 36 heavy (non-hydrogen) atoms. The van der Waals surface area contributed by atoms with Crippen LogP contribution in [0.4, 0.5) is 17.1 Å². The van der Waals surface area contributed by atoms with Crippen LogP contribution in [-0.2, 0) is 24.8 Å². The predicted molar refractivity (Wildman–Crippen MR) is 142 cm³/mol. The van der Waals surface area contributed by atoms with Crippen molar-refractivity contribution in [1.82, 2.24) is 0 Å². The van der Waals surface area contributed by atoms with Crippen molar-refractivity contribution in [2.45, 2.75) is 25.7 Å². The molecule has 0 unspecified atom stereocenters. The topological polar surface area (TPSA) is 122 Å². The lowest BCUT2D eigenvalue weighted by Crippen LogP contribution is -2.37. The fourth-order valence-electron chi connectivity index (χ4n) is 3.46. The van der Waals surface area contributed by atoms with E-state index in [0.29, 0.717) is 29.4 Å². The lowest BCUT2D eigenvalue weighted by molar-refractivity contribution is -0.114. The number of benzene rings is 3. The quantitative estimate of drug-likeness (QED) is 0.409. The zero-order valence-electron chi connectivity index (χ0n) is 20.5. The van der Waals surface area contributed by atoms with Gasteiger partial charge in [-0.1, -0.05) is 17.7 Å². The Morgan fingerprint density at radius 2 is 1.56 bits per heavy atom. The largest absolute Gasteiger partial charge is 0.494 e. The zero-order chi connectivity index (χ0) is 26.5. The molecule has 1 amide bonds. The number of carbonyl (C=O) groups excluding carboxylic acids is 1. The van der Waals surface area contributed by atoms with Crippen LogP contribution in [0, 0.1) is 13.8 Å². The number of nitrogens with one attached hydrogen (secondary N) is 2. The molecule has 2 N–H and O–H groups in total. The summed E-state index contributed by atoms with van der Waals surface area (Å²) in [5.74, 6) is -0.000421. The molecule has 0 atom stereocenters. The summed E-state index contributed by atoms with van der Waals surface area (Å²) in [6, 6.07) is 17.4. The summed E-state index contributed by atoms with van der Waals surface area (Å²) < 4.78 is 59.1. The number of aryl methyl sites for hydroxylation is 2. The number of hydrogen-bond acceptors (Lipinski definition) is 6. The fraction of sp³-hybridized carbons (Fsp3) is 0.240. The molecule has 3 aromatic carbocycles. The van der Waals surface area contributed by atoms with Crippen LogP contribution in [0.25, 0.3) is 0 Å². The maximum Gasteiger partial charge on any atom is 0.261 e. The van der Waals surface area contributed by atoms with E-state index in [1.54, 1.807) is 30.3 Å². The van der Waals surface area contributed by atoms with Crippen molar-refractivity contribution in [2.75, 3.05) is 33.8 Å². The van der Waals surface area contributed by atoms with Crippen molar-refractivity contribution >= 4 is 43.0 Å². The van der Waals surface area contributed by atoms with Crippen LogP contribution < -0.4 is 19.1 Å². The van der Waals surface area contributed by atoms with Gasteiger partial charge in [0.1, 0.15) is 12.3 Å². The van der Waals surface area contributed by atoms with E-state index in [0.717, 1.165) is 21.7 Å². The average Bonchev–Trinajstić information content (AvgIpc) is 2.80. The highest BCUT2D eigenvalue weighted by molar-refractivity contribution is 7.92. The van der Waals surface area contributed by atoms with Crippen molar-refractivity contribution in [3.63, 3.8) is 0 Å². The molecule has 0 spiro atoms. The van der Waals surface area contributed by atoms with Gasteiger partial charge in [-0.3, -0.25) is 13.8 Å². The molecule has 0 bridgehead atoms. The molecule has 0 aliphatic heterocycles. The van der Waals surface area contributed by atoms with E-state index < -0.39 is 32.5 Å². The van der Waals surface area contributed by atoms with Crippen LogP contribution in [0.5, 0.6) is 5.75 Å². The Balaban J connectivity index is 1.70. The van der Waals surface area contributed by atoms with Gasteiger partial charge in [-0.05, 0) is 80.9 Å². The predicted octanol–water partition coefficient (Wildman–Crippen LogP) is 3.91.